The third kappa shape index (κ3) is 29.6. The molecule has 3 aliphatic heterocycles. The number of benzene rings is 4. The molecule has 129 heavy (non-hydrogen) atoms. The van der Waals surface area contributed by atoms with Gasteiger partial charge in [0.05, 0.1) is 49.8 Å². The molecule has 692 valence electrons. The number of aromatic nitrogens is 4. The zero-order valence-electron chi connectivity index (χ0n) is 72.2. The molecule has 0 radical (unpaired) electrons. The fraction of sp³-hybridized carbons (Fsp3) is 0.466. The van der Waals surface area contributed by atoms with Crippen molar-refractivity contribution < 1.29 is 81.8 Å². The molecule has 14 atom stereocenters. The number of thioether (sulfide) groups is 1. The maximum Gasteiger partial charge on any atom is 0.315 e. The van der Waals surface area contributed by atoms with E-state index in [4.69, 9.17) is 17.2 Å². The molecular formula is C88H117N23O17S. The molecule has 3 aliphatic rings. The second-order valence-corrected chi connectivity index (χ2v) is 33.8. The van der Waals surface area contributed by atoms with E-state index in [1.807, 2.05) is 84.6 Å². The number of nitrogens with zero attached hydrogens (tertiary/aromatic N) is 2. The molecule has 3 aromatic heterocycles. The van der Waals surface area contributed by atoms with E-state index >= 15 is 4.79 Å². The lowest BCUT2D eigenvalue weighted by molar-refractivity contribution is -0.142. The van der Waals surface area contributed by atoms with Crippen LogP contribution in [0.5, 0.6) is 5.75 Å². The molecule has 4 aromatic carbocycles. The topological polar surface area (TPSA) is 615 Å². The number of rotatable bonds is 50. The van der Waals surface area contributed by atoms with Crippen LogP contribution in [0.3, 0.4) is 0 Å². The number of phenolic OH excluding ortho intramolecular Hbond substituents is 1. The van der Waals surface area contributed by atoms with Crippen molar-refractivity contribution in [2.45, 2.75) is 214 Å². The fourth-order valence-corrected chi connectivity index (χ4v) is 17.1. The van der Waals surface area contributed by atoms with Crippen molar-refractivity contribution in [3.05, 3.63) is 156 Å². The zero-order chi connectivity index (χ0) is 92.6. The number of carbonyl (C=O) groups is 16. The van der Waals surface area contributed by atoms with Crippen molar-refractivity contribution in [3.8, 4) is 5.75 Å². The Kier molecular flexibility index (Phi) is 36.7. The summed E-state index contributed by atoms with van der Waals surface area (Å²) in [4.78, 5) is 234. The van der Waals surface area contributed by atoms with Gasteiger partial charge in [-0.3, -0.25) is 71.9 Å². The first-order valence-corrected chi connectivity index (χ1v) is 44.5. The number of hydrogen-bond acceptors (Lipinski definition) is 21. The largest absolute Gasteiger partial charge is 0.508 e. The van der Waals surface area contributed by atoms with Crippen LogP contribution in [0.1, 0.15) is 126 Å². The van der Waals surface area contributed by atoms with Crippen LogP contribution in [-0.4, -0.2) is 253 Å². The maximum absolute atomic E-state index is 15.2. The van der Waals surface area contributed by atoms with Gasteiger partial charge in [0, 0.05) is 96.6 Å². The Morgan fingerprint density at radius 3 is 1.68 bits per heavy atom. The predicted octanol–water partition coefficient (Wildman–Crippen LogP) is -1.69. The van der Waals surface area contributed by atoms with Crippen molar-refractivity contribution in [1.29, 1.82) is 0 Å². The summed E-state index contributed by atoms with van der Waals surface area (Å²) in [5, 5.41) is 51.7. The number of nitrogens with one attached hydrogen (secondary N) is 18. The van der Waals surface area contributed by atoms with Crippen molar-refractivity contribution >= 4 is 128 Å². The van der Waals surface area contributed by atoms with Crippen LogP contribution in [0.2, 0.25) is 0 Å². The first-order chi connectivity index (χ1) is 62.0. The van der Waals surface area contributed by atoms with E-state index in [0.29, 0.717) is 79.1 Å². The highest BCUT2D eigenvalue weighted by Gasteiger charge is 2.44. The Bertz CT molecular complexity index is 5070. The summed E-state index contributed by atoms with van der Waals surface area (Å²) in [6.07, 6.45) is 11.1. The van der Waals surface area contributed by atoms with Crippen LogP contribution in [0.15, 0.2) is 128 Å². The van der Waals surface area contributed by atoms with Crippen molar-refractivity contribution in [2.24, 2.45) is 17.2 Å². The van der Waals surface area contributed by atoms with Gasteiger partial charge < -0.3 is 122 Å². The minimum absolute atomic E-state index is 0.00139. The molecule has 0 spiro atoms. The molecule has 0 aliphatic carbocycles. The number of likely N-dealkylation sites (tertiary alicyclic amines) is 1. The van der Waals surface area contributed by atoms with Crippen LogP contribution >= 0.6 is 11.8 Å². The van der Waals surface area contributed by atoms with Crippen LogP contribution < -0.4 is 97.0 Å². The standard InChI is InChI=1S/C88H117N23O17S/c1-49(78(118)101-51(3)80(120)105-65(37-53-29-31-57(112)32-30-53)84(124)104-64(25-13-15-33-89)82(122)98-45-74(115)96-44-73(114)97-46-75(116)103-63(77(91)117)24-14-16-34-93-72(113)28-12-11-27-71-76-69(47-129-71)109-88(128)110-76)100-79(119)50(2)102-83(123)66(38-54-41-94-61-22-9-7-20-58(54)61)107-86(126)70-26-17-35-111(70)87(127)68(40-56-43-92-48-99-56)108-85(125)67(39-55-42-95-62-23-10-8-21-59(55)62)106-81(121)60(90)36-52-18-5-4-6-19-52/h4-10,18-23,29-32,41-43,48-51,60,63-71,76,94-95,112H,11-17,24-28,33-40,44-47,89-90H2,1-3H3,(H2,91,117)(H,92,99)(H,93,113)(H,96,115)(H,97,114)(H,98,122)(H,100,119)(H,101,118)(H,102,123)(H,103,116)(H,104,124)(H,105,120)(H,106,121)(H,107,126)(H,108,125)(H2,109,110,128)/t49-,50-,51-,60-,63-,64-,65-,66-,67-,68-,69-,70-,71-,76-/m0/s1. The second kappa shape index (κ2) is 48.5. The minimum atomic E-state index is -1.46. The number of H-pyrrole nitrogens is 3. The molecular weight excluding hydrogens is 1680 g/mol. The van der Waals surface area contributed by atoms with Crippen LogP contribution in [0.25, 0.3) is 21.8 Å². The van der Waals surface area contributed by atoms with Crippen molar-refractivity contribution in [1.82, 2.24) is 105 Å². The molecule has 0 unspecified atom stereocenters. The number of carbonyl (C=O) groups excluding carboxylic acids is 16. The number of phenols is 1. The van der Waals surface area contributed by atoms with E-state index in [1.165, 1.54) is 56.3 Å². The first-order valence-electron chi connectivity index (χ1n) is 43.4. The highest BCUT2D eigenvalue weighted by Crippen LogP contribution is 2.34. The molecule has 0 saturated carbocycles. The zero-order valence-corrected chi connectivity index (χ0v) is 73.0. The molecule has 10 rings (SSSR count). The van der Waals surface area contributed by atoms with Crippen LogP contribution in [-0.2, 0) is 104 Å². The van der Waals surface area contributed by atoms with Crippen molar-refractivity contribution in [2.75, 3.05) is 45.0 Å². The predicted molar refractivity (Wildman–Crippen MR) is 477 cm³/mol. The van der Waals surface area contributed by atoms with Gasteiger partial charge in [0.1, 0.15) is 66.2 Å². The lowest BCUT2D eigenvalue weighted by atomic mass is 10.0. The number of imidazole rings is 1. The van der Waals surface area contributed by atoms with Gasteiger partial charge in [-0.05, 0) is 144 Å². The SMILES string of the molecule is C[C@H](NC(=O)[C@H](C)NC(=O)[C@H](Cc1c[nH]c2ccccc12)NC(=O)[C@@H]1CCCN1C(=O)[C@H](Cc1c[nH]cn1)NC(=O)[C@H](Cc1c[nH]c2ccccc12)NC(=O)[C@@H](N)Cc1ccccc1)C(=O)N[C@@H](C)C(=O)N[C@@H](Cc1ccc(O)cc1)C(=O)N[C@@H](CCCCN)C(=O)NCC(=O)NCC(=O)NCC(=O)N[C@@H](CCCCNC(=O)CCCC[C@@H]1SC[C@@H]2NC(=O)N[C@@H]21)C(N)=O. The van der Waals surface area contributed by atoms with Gasteiger partial charge in [-0.25, -0.2) is 9.78 Å². The summed E-state index contributed by atoms with van der Waals surface area (Å²) in [7, 11) is 0. The number of aromatic hydroxyl groups is 1. The number of amides is 17. The molecule has 7 aromatic rings. The number of primary amides is 1. The van der Waals surface area contributed by atoms with E-state index in [2.05, 4.69) is 99.7 Å². The Balaban J connectivity index is 0.695. The average Bonchev–Trinajstić information content (AvgIpc) is 1.69. The average molecular weight is 1800 g/mol. The van der Waals surface area contributed by atoms with E-state index in [-0.39, 0.29) is 94.2 Å². The summed E-state index contributed by atoms with van der Waals surface area (Å²) in [6.45, 7) is 2.66. The Hall–Kier alpha value is -13.4. The number of urea groups is 1. The number of para-hydroxylation sites is 2. The lowest BCUT2D eigenvalue weighted by Gasteiger charge is -2.31. The van der Waals surface area contributed by atoms with Gasteiger partial charge in [-0.15, -0.1) is 0 Å². The number of fused-ring (bicyclic) bond motifs is 3. The quantitative estimate of drug-likeness (QED) is 0.0149. The molecule has 0 bridgehead atoms. The summed E-state index contributed by atoms with van der Waals surface area (Å²) in [6, 6.07) is 15.3. The van der Waals surface area contributed by atoms with E-state index in [0.717, 1.165) is 46.0 Å². The summed E-state index contributed by atoms with van der Waals surface area (Å²) in [5.74, 6) is -10.5. The highest BCUT2D eigenvalue weighted by atomic mass is 32.2. The van der Waals surface area contributed by atoms with E-state index in [9.17, 15) is 77.0 Å². The smallest absolute Gasteiger partial charge is 0.315 e. The first kappa shape index (κ1) is 97.7. The summed E-state index contributed by atoms with van der Waals surface area (Å²) >= 11 is 1.81. The third-order valence-electron chi connectivity index (χ3n) is 22.7. The second-order valence-electron chi connectivity index (χ2n) is 32.5. The monoisotopic (exact) mass is 1800 g/mol. The van der Waals surface area contributed by atoms with Gasteiger partial charge in [0.15, 0.2) is 0 Å². The van der Waals surface area contributed by atoms with Crippen molar-refractivity contribution in [3.63, 3.8) is 0 Å². The van der Waals surface area contributed by atoms with Gasteiger partial charge >= 0.3 is 6.03 Å². The normalized spacial score (nSPS) is 17.4. The molecule has 3 fully saturated rings. The van der Waals surface area contributed by atoms with Gasteiger partial charge in [-0.1, -0.05) is 85.3 Å². The molecule has 3 saturated heterocycles. The molecule has 17 amide bonds. The van der Waals surface area contributed by atoms with Gasteiger partial charge in [0.25, 0.3) is 0 Å². The molecule has 40 nitrogen and oxygen atoms in total. The van der Waals surface area contributed by atoms with E-state index in [1.54, 1.807) is 24.7 Å². The van der Waals surface area contributed by atoms with Gasteiger partial charge in [-0.2, -0.15) is 11.8 Å². The Labute approximate surface area is 748 Å². The molecule has 6 heterocycles. The fourth-order valence-electron chi connectivity index (χ4n) is 15.5. The van der Waals surface area contributed by atoms with Gasteiger partial charge in [0.2, 0.25) is 88.6 Å². The Morgan fingerprint density at radius 1 is 0.512 bits per heavy atom. The number of unbranched alkanes of at least 4 members (excludes halogenated alkanes) is 3. The lowest BCUT2D eigenvalue weighted by Crippen LogP contribution is -2.60. The minimum Gasteiger partial charge on any atom is -0.508 e. The van der Waals surface area contributed by atoms with Crippen LogP contribution in [0.4, 0.5) is 4.79 Å². The number of aromatic amines is 3. The third-order valence-corrected chi connectivity index (χ3v) is 24.2. The number of nitrogens with two attached hydrogens (primary N) is 3. The number of hydrogen-bond donors (Lipinski definition) is 22. The van der Waals surface area contributed by atoms with E-state index < -0.39 is 169 Å². The highest BCUT2D eigenvalue weighted by molar-refractivity contribution is 8.00. The maximum atomic E-state index is 15.2. The Morgan fingerprint density at radius 2 is 1.05 bits per heavy atom. The molecule has 25 N–H and O–H groups in total. The summed E-state index contributed by atoms with van der Waals surface area (Å²) in [5.41, 5.74) is 22.2. The van der Waals surface area contributed by atoms with Crippen LogP contribution in [0, 0.1) is 0 Å². The summed E-state index contributed by atoms with van der Waals surface area (Å²) < 4.78 is 0. The molecule has 41 heteroatoms.